The van der Waals surface area contributed by atoms with E-state index in [2.05, 4.69) is 20.9 Å². The first-order valence-corrected chi connectivity index (χ1v) is 6.72. The normalized spacial score (nSPS) is 11.2. The maximum absolute atomic E-state index is 11.0. The van der Waals surface area contributed by atoms with Gasteiger partial charge in [0.2, 0.25) is 0 Å². The van der Waals surface area contributed by atoms with Gasteiger partial charge < -0.3 is 9.22 Å². The van der Waals surface area contributed by atoms with E-state index in [9.17, 15) is 20.2 Å². The van der Waals surface area contributed by atoms with Crippen LogP contribution in [0, 0.1) is 20.2 Å². The Morgan fingerprint density at radius 1 is 1.14 bits per heavy atom. The number of ether oxygens (including phenoxy) is 1. The molecule has 0 radical (unpaired) electrons. The van der Waals surface area contributed by atoms with Crippen LogP contribution in [0.4, 0.5) is 11.4 Å². The fourth-order valence-electron chi connectivity index (χ4n) is 1.80. The highest BCUT2D eigenvalue weighted by Gasteiger charge is 2.22. The van der Waals surface area contributed by atoms with Crippen molar-refractivity contribution in [2.75, 3.05) is 33.3 Å². The Bertz CT molecular complexity index is 529. The lowest BCUT2D eigenvalue weighted by Crippen LogP contribution is -2.46. The zero-order chi connectivity index (χ0) is 16.0. The van der Waals surface area contributed by atoms with Crippen LogP contribution in [-0.2, 0) is 0 Å². The Balaban J connectivity index is 2.84. The van der Waals surface area contributed by atoms with Gasteiger partial charge in [-0.15, -0.1) is 0 Å². The third kappa shape index (κ3) is 4.38. The topological polar surface area (TPSA) is 95.5 Å². The lowest BCUT2D eigenvalue weighted by atomic mass is 10.2. The van der Waals surface area contributed by atoms with Crippen molar-refractivity contribution in [3.63, 3.8) is 0 Å². The van der Waals surface area contributed by atoms with E-state index in [-0.39, 0.29) is 17.1 Å². The number of nitro groups is 2. The van der Waals surface area contributed by atoms with Crippen molar-refractivity contribution in [3.8, 4) is 5.75 Å². The number of hydrogen-bond acceptors (Lipinski definition) is 5. The van der Waals surface area contributed by atoms with Gasteiger partial charge in [0.15, 0.2) is 5.75 Å². The van der Waals surface area contributed by atoms with Crippen LogP contribution < -0.4 is 4.74 Å². The van der Waals surface area contributed by atoms with Gasteiger partial charge in [0.1, 0.15) is 13.2 Å². The zero-order valence-electron chi connectivity index (χ0n) is 12.4. The summed E-state index contributed by atoms with van der Waals surface area (Å²) in [5, 5.41) is 21.6. The van der Waals surface area contributed by atoms with Crippen LogP contribution in [-0.4, -0.2) is 47.6 Å². The number of nitrogens with zero attached hydrogens (tertiary/aromatic N) is 3. The number of rotatable bonds is 8. The van der Waals surface area contributed by atoms with E-state index in [0.29, 0.717) is 13.2 Å². The van der Waals surface area contributed by atoms with Gasteiger partial charge in [-0.2, -0.15) is 0 Å². The van der Waals surface area contributed by atoms with Crippen molar-refractivity contribution in [1.82, 2.24) is 0 Å². The van der Waals surface area contributed by atoms with Crippen molar-refractivity contribution in [1.29, 1.82) is 0 Å². The van der Waals surface area contributed by atoms with Gasteiger partial charge in [-0.25, -0.2) is 0 Å². The molecule has 21 heavy (non-hydrogen) atoms. The van der Waals surface area contributed by atoms with Crippen LogP contribution in [0.15, 0.2) is 18.2 Å². The van der Waals surface area contributed by atoms with Gasteiger partial charge in [0, 0.05) is 6.07 Å². The molecule has 0 atom stereocenters. The van der Waals surface area contributed by atoms with Crippen LogP contribution >= 0.6 is 0 Å². The summed E-state index contributed by atoms with van der Waals surface area (Å²) in [5.41, 5.74) is -0.705. The van der Waals surface area contributed by atoms with Crippen LogP contribution in [0.25, 0.3) is 0 Å². The fraction of sp³-hybridized carbons (Fsp3) is 0.538. The fourth-order valence-corrected chi connectivity index (χ4v) is 1.80. The lowest BCUT2D eigenvalue weighted by Gasteiger charge is -2.31. The molecule has 1 aromatic rings. The van der Waals surface area contributed by atoms with Gasteiger partial charge >= 0.3 is 5.69 Å². The molecule has 0 bridgehead atoms. The molecule has 0 aliphatic heterocycles. The monoisotopic (exact) mass is 298 g/mol. The molecule has 0 fully saturated rings. The number of nitro benzene ring substituents is 2. The average Bonchev–Trinajstić information content (AvgIpc) is 2.46. The summed E-state index contributed by atoms with van der Waals surface area (Å²) in [6.45, 7) is 7.03. The number of hydrogen-bond donors (Lipinski definition) is 0. The summed E-state index contributed by atoms with van der Waals surface area (Å²) in [6.07, 6.45) is 0. The van der Waals surface area contributed by atoms with Gasteiger partial charge in [-0.3, -0.25) is 20.2 Å². The molecule has 0 amide bonds. The first kappa shape index (κ1) is 16.8. The Morgan fingerprint density at radius 2 is 1.76 bits per heavy atom. The molecule has 8 nitrogen and oxygen atoms in total. The molecule has 8 heteroatoms. The number of non-ortho nitro benzene ring substituents is 1. The van der Waals surface area contributed by atoms with E-state index < -0.39 is 9.85 Å². The zero-order valence-corrected chi connectivity index (χ0v) is 12.4. The summed E-state index contributed by atoms with van der Waals surface area (Å²) in [7, 11) is 2.08. The van der Waals surface area contributed by atoms with Crippen molar-refractivity contribution < 1.29 is 19.1 Å². The molecule has 0 aliphatic carbocycles. The van der Waals surface area contributed by atoms with E-state index in [1.165, 1.54) is 12.1 Å². The highest BCUT2D eigenvalue weighted by atomic mass is 16.6. The van der Waals surface area contributed by atoms with Gasteiger partial charge in [0.25, 0.3) is 5.69 Å². The Labute approximate surface area is 122 Å². The number of quaternary nitrogens is 1. The summed E-state index contributed by atoms with van der Waals surface area (Å²) in [4.78, 5) is 20.3. The number of likely N-dealkylation sites (N-methyl/N-ethyl adjacent to an activating group) is 1. The second-order valence-electron chi connectivity index (χ2n) is 4.99. The Hall–Kier alpha value is -2.22. The van der Waals surface area contributed by atoms with E-state index >= 15 is 0 Å². The molecule has 0 saturated carbocycles. The number of benzene rings is 1. The second kappa shape index (κ2) is 6.98. The van der Waals surface area contributed by atoms with Crippen LogP contribution in [0.1, 0.15) is 13.8 Å². The Kier molecular flexibility index (Phi) is 5.60. The molecule has 0 aliphatic rings. The van der Waals surface area contributed by atoms with Crippen molar-refractivity contribution in [3.05, 3.63) is 38.4 Å². The predicted octanol–water partition coefficient (Wildman–Crippen LogP) is 2.37. The van der Waals surface area contributed by atoms with Crippen molar-refractivity contribution in [2.24, 2.45) is 0 Å². The molecule has 0 heterocycles. The standard InChI is InChI=1S/C13H20N3O5/c1-4-16(3,5-2)8-9-21-13-7-6-11(14(17)18)10-12(13)15(19)20/h6-7,10H,4-5,8-9H2,1-3H3/q+1. The van der Waals surface area contributed by atoms with E-state index in [0.717, 1.165) is 23.6 Å². The SMILES string of the molecule is CC[N+](C)(CC)CCOc1ccc([N+](=O)[O-])cc1[N+](=O)[O-]. The molecule has 0 spiro atoms. The third-order valence-corrected chi connectivity index (χ3v) is 3.77. The van der Waals surface area contributed by atoms with E-state index in [1.54, 1.807) is 0 Å². The maximum atomic E-state index is 11.0. The summed E-state index contributed by atoms with van der Waals surface area (Å²) in [5.74, 6) is 0.0596. The average molecular weight is 298 g/mol. The summed E-state index contributed by atoms with van der Waals surface area (Å²) >= 11 is 0. The van der Waals surface area contributed by atoms with E-state index in [4.69, 9.17) is 4.74 Å². The first-order chi connectivity index (χ1) is 9.83. The minimum absolute atomic E-state index is 0.0596. The first-order valence-electron chi connectivity index (χ1n) is 6.72. The molecule has 116 valence electrons. The minimum atomic E-state index is -0.671. The summed E-state index contributed by atoms with van der Waals surface area (Å²) in [6, 6.07) is 3.40. The van der Waals surface area contributed by atoms with Crippen LogP contribution in [0.3, 0.4) is 0 Å². The van der Waals surface area contributed by atoms with Crippen LogP contribution in [0.2, 0.25) is 0 Å². The smallest absolute Gasteiger partial charge is 0.317 e. The van der Waals surface area contributed by atoms with Crippen molar-refractivity contribution >= 4 is 11.4 Å². The predicted molar refractivity (Wildman–Crippen MR) is 77.4 cm³/mol. The molecule has 0 N–H and O–H groups in total. The highest BCUT2D eigenvalue weighted by Crippen LogP contribution is 2.30. The summed E-state index contributed by atoms with van der Waals surface area (Å²) < 4.78 is 6.25. The van der Waals surface area contributed by atoms with Crippen LogP contribution in [0.5, 0.6) is 5.75 Å². The van der Waals surface area contributed by atoms with E-state index in [1.807, 2.05) is 0 Å². The molecular weight excluding hydrogens is 278 g/mol. The van der Waals surface area contributed by atoms with Gasteiger partial charge in [0.05, 0.1) is 36.1 Å². The molecule has 1 aromatic carbocycles. The molecule has 0 unspecified atom stereocenters. The maximum Gasteiger partial charge on any atom is 0.317 e. The molecule has 1 rings (SSSR count). The molecule has 0 aromatic heterocycles. The van der Waals surface area contributed by atoms with Gasteiger partial charge in [-0.05, 0) is 19.9 Å². The Morgan fingerprint density at radius 3 is 2.24 bits per heavy atom. The third-order valence-electron chi connectivity index (χ3n) is 3.77. The molecule has 0 saturated heterocycles. The lowest BCUT2D eigenvalue weighted by molar-refractivity contribution is -0.906. The minimum Gasteiger partial charge on any atom is -0.481 e. The second-order valence-corrected chi connectivity index (χ2v) is 4.99. The van der Waals surface area contributed by atoms with Crippen molar-refractivity contribution in [2.45, 2.75) is 13.8 Å². The van der Waals surface area contributed by atoms with Gasteiger partial charge in [-0.1, -0.05) is 0 Å². The largest absolute Gasteiger partial charge is 0.481 e. The highest BCUT2D eigenvalue weighted by molar-refractivity contribution is 5.53. The quantitative estimate of drug-likeness (QED) is 0.417. The molecular formula is C13H20N3O5+.